The number of carbonyl (C=O) groups is 1. The highest BCUT2D eigenvalue weighted by Crippen LogP contribution is 2.38. The summed E-state index contributed by atoms with van der Waals surface area (Å²) in [4.78, 5) is 30.4. The Kier molecular flexibility index (Phi) is 7.76. The van der Waals surface area contributed by atoms with Gasteiger partial charge in [-0.1, -0.05) is 46.7 Å². The molecule has 0 aliphatic carbocycles. The molecule has 0 radical (unpaired) electrons. The van der Waals surface area contributed by atoms with Crippen molar-refractivity contribution in [3.8, 4) is 5.69 Å². The summed E-state index contributed by atoms with van der Waals surface area (Å²) in [6.45, 7) is 5.11. The number of benzene rings is 2. The van der Waals surface area contributed by atoms with Crippen LogP contribution in [0.2, 0.25) is 10.0 Å². The molecule has 1 aliphatic heterocycles. The molecule has 0 saturated heterocycles. The van der Waals surface area contributed by atoms with Crippen LogP contribution in [0.3, 0.4) is 0 Å². The van der Waals surface area contributed by atoms with Gasteiger partial charge in [0.25, 0.3) is 5.56 Å². The van der Waals surface area contributed by atoms with Crippen LogP contribution >= 0.6 is 34.5 Å². The number of esters is 1. The van der Waals surface area contributed by atoms with Gasteiger partial charge in [-0.3, -0.25) is 9.36 Å². The number of thiazole rings is 1. The number of aryl methyl sites for hydroxylation is 1. The fraction of sp³-hybridized carbons (Fsp3) is 0.207. The number of rotatable bonds is 5. The third-order valence-electron chi connectivity index (χ3n) is 6.62. The normalized spacial score (nSPS) is 15.6. The Morgan fingerprint density at radius 2 is 1.68 bits per heavy atom. The van der Waals surface area contributed by atoms with Crippen molar-refractivity contribution in [1.82, 2.24) is 9.13 Å². The lowest BCUT2D eigenvalue weighted by Gasteiger charge is -2.26. The molecular weight excluding hydrogens is 598 g/mol. The Morgan fingerprint density at radius 3 is 2.27 bits per heavy atom. The Bertz CT molecular complexity index is 1870. The standard InChI is InChI=1S/C29H22Cl2F3N3O3S/c1-4-40-27(39)23-24(17-5-7-19(30)8-6-17)37-26(38)22(41-28(37)35-25(23)29(32,33)34)14-18-13-15(2)36(16(18)3)21-11-9-20(31)10-12-21/h5-14,24H,4H2,1-3H3/b22-14-/t24-/m0/s1. The van der Waals surface area contributed by atoms with E-state index in [0.717, 1.165) is 33.0 Å². The van der Waals surface area contributed by atoms with Gasteiger partial charge in [0.15, 0.2) is 10.5 Å². The Balaban J connectivity index is 1.75. The highest BCUT2D eigenvalue weighted by atomic mass is 35.5. The fourth-order valence-corrected chi connectivity index (χ4v) is 6.11. The Labute approximate surface area is 246 Å². The zero-order valence-corrected chi connectivity index (χ0v) is 24.3. The number of hydrogen-bond acceptors (Lipinski definition) is 5. The molecule has 2 aromatic carbocycles. The lowest BCUT2D eigenvalue weighted by atomic mass is 9.95. The molecule has 0 amide bonds. The number of alkyl halides is 3. The highest BCUT2D eigenvalue weighted by molar-refractivity contribution is 7.07. The first kappa shape index (κ1) is 28.9. The molecule has 41 heavy (non-hydrogen) atoms. The van der Waals surface area contributed by atoms with Crippen LogP contribution in [0.15, 0.2) is 75.7 Å². The molecule has 4 aromatic rings. The van der Waals surface area contributed by atoms with Crippen molar-refractivity contribution in [3.05, 3.63) is 118 Å². The monoisotopic (exact) mass is 619 g/mol. The van der Waals surface area contributed by atoms with Gasteiger partial charge in [0.05, 0.1) is 22.8 Å². The van der Waals surface area contributed by atoms with Crippen LogP contribution in [-0.2, 0) is 9.53 Å². The van der Waals surface area contributed by atoms with Crippen molar-refractivity contribution in [3.63, 3.8) is 0 Å². The first-order chi connectivity index (χ1) is 19.4. The molecule has 0 unspecified atom stereocenters. The van der Waals surface area contributed by atoms with Gasteiger partial charge in [0.2, 0.25) is 0 Å². The van der Waals surface area contributed by atoms with Gasteiger partial charge in [0, 0.05) is 27.1 Å². The van der Waals surface area contributed by atoms with Crippen molar-refractivity contribution in [2.45, 2.75) is 33.0 Å². The zero-order valence-electron chi connectivity index (χ0n) is 21.9. The number of hydrogen-bond donors (Lipinski definition) is 0. The average molecular weight is 620 g/mol. The molecule has 0 bridgehead atoms. The van der Waals surface area contributed by atoms with E-state index in [1.54, 1.807) is 18.2 Å². The van der Waals surface area contributed by atoms with E-state index in [1.165, 1.54) is 31.2 Å². The molecule has 2 aromatic heterocycles. The second-order valence-electron chi connectivity index (χ2n) is 9.25. The molecule has 212 valence electrons. The highest BCUT2D eigenvalue weighted by Gasteiger charge is 2.45. The number of fused-ring (bicyclic) bond motifs is 1. The molecule has 5 rings (SSSR count). The lowest BCUT2D eigenvalue weighted by Crippen LogP contribution is -2.41. The number of aromatic nitrogens is 2. The maximum Gasteiger partial charge on any atom is 0.434 e. The molecule has 12 heteroatoms. The molecule has 0 spiro atoms. The van der Waals surface area contributed by atoms with E-state index in [1.807, 2.05) is 36.6 Å². The van der Waals surface area contributed by atoms with E-state index in [-0.39, 0.29) is 21.5 Å². The lowest BCUT2D eigenvalue weighted by molar-refractivity contribution is -0.140. The van der Waals surface area contributed by atoms with Crippen LogP contribution in [0.4, 0.5) is 13.2 Å². The van der Waals surface area contributed by atoms with E-state index in [0.29, 0.717) is 15.6 Å². The second-order valence-corrected chi connectivity index (χ2v) is 11.1. The first-order valence-electron chi connectivity index (χ1n) is 12.4. The third kappa shape index (κ3) is 5.39. The molecule has 6 nitrogen and oxygen atoms in total. The van der Waals surface area contributed by atoms with Crippen LogP contribution < -0.4 is 14.9 Å². The molecule has 0 N–H and O–H groups in total. The predicted octanol–water partition coefficient (Wildman–Crippen LogP) is 6.06. The SMILES string of the molecule is CCOC(=O)C1=C(C(F)(F)F)N=c2s/c(=C\c3cc(C)n(-c4ccc(Cl)cc4)c3C)c(=O)n2[C@H]1c1ccc(Cl)cc1. The van der Waals surface area contributed by atoms with Gasteiger partial charge >= 0.3 is 12.1 Å². The molecule has 3 heterocycles. The minimum atomic E-state index is -4.98. The van der Waals surface area contributed by atoms with Crippen molar-refractivity contribution in [1.29, 1.82) is 0 Å². The number of nitrogens with zero attached hydrogens (tertiary/aromatic N) is 3. The van der Waals surface area contributed by atoms with Crippen molar-refractivity contribution < 1.29 is 22.7 Å². The third-order valence-corrected chi connectivity index (χ3v) is 8.11. The van der Waals surface area contributed by atoms with Gasteiger partial charge in [-0.2, -0.15) is 13.2 Å². The van der Waals surface area contributed by atoms with E-state index in [2.05, 4.69) is 4.99 Å². The summed E-state index contributed by atoms with van der Waals surface area (Å²) in [5, 5.41) is 0.933. The van der Waals surface area contributed by atoms with Crippen LogP contribution in [-0.4, -0.2) is 27.9 Å². The Hall–Kier alpha value is -3.60. The average Bonchev–Trinajstić information content (AvgIpc) is 3.38. The molecule has 1 aliphatic rings. The van der Waals surface area contributed by atoms with E-state index in [9.17, 15) is 22.8 Å². The molecule has 0 saturated carbocycles. The number of ether oxygens (including phenoxy) is 1. The van der Waals surface area contributed by atoms with Crippen molar-refractivity contribution in [2.24, 2.45) is 4.99 Å². The first-order valence-corrected chi connectivity index (χ1v) is 14.0. The molecule has 0 fully saturated rings. The topological polar surface area (TPSA) is 65.6 Å². The van der Waals surface area contributed by atoms with Crippen LogP contribution in [0.1, 0.15) is 35.5 Å². The number of allylic oxidation sites excluding steroid dienone is 1. The quantitative estimate of drug-likeness (QED) is 0.255. The van der Waals surface area contributed by atoms with Gasteiger partial charge in [-0.15, -0.1) is 0 Å². The molecule has 1 atom stereocenters. The maximum absolute atomic E-state index is 14.3. The summed E-state index contributed by atoms with van der Waals surface area (Å²) in [5.41, 5.74) is 0.760. The van der Waals surface area contributed by atoms with Gasteiger partial charge in [-0.25, -0.2) is 9.79 Å². The van der Waals surface area contributed by atoms with Crippen LogP contribution in [0, 0.1) is 13.8 Å². The fourth-order valence-electron chi connectivity index (χ4n) is 4.86. The second kappa shape index (κ2) is 11.0. The summed E-state index contributed by atoms with van der Waals surface area (Å²) in [6.07, 6.45) is -3.36. The maximum atomic E-state index is 14.3. The summed E-state index contributed by atoms with van der Waals surface area (Å²) < 4.78 is 51.2. The van der Waals surface area contributed by atoms with Crippen LogP contribution in [0.25, 0.3) is 11.8 Å². The van der Waals surface area contributed by atoms with Crippen molar-refractivity contribution in [2.75, 3.05) is 6.61 Å². The number of halogens is 5. The summed E-state index contributed by atoms with van der Waals surface area (Å²) >= 11 is 12.9. The zero-order chi connectivity index (χ0) is 29.6. The van der Waals surface area contributed by atoms with Crippen LogP contribution in [0.5, 0.6) is 0 Å². The summed E-state index contributed by atoms with van der Waals surface area (Å²) in [6, 6.07) is 13.6. The number of carbonyl (C=O) groups excluding carboxylic acids is 1. The van der Waals surface area contributed by atoms with Gasteiger partial charge in [-0.05, 0) is 80.4 Å². The van der Waals surface area contributed by atoms with E-state index >= 15 is 0 Å². The van der Waals surface area contributed by atoms with E-state index < -0.39 is 35.0 Å². The summed E-state index contributed by atoms with van der Waals surface area (Å²) in [7, 11) is 0. The smallest absolute Gasteiger partial charge is 0.434 e. The largest absolute Gasteiger partial charge is 0.463 e. The Morgan fingerprint density at radius 1 is 1.07 bits per heavy atom. The van der Waals surface area contributed by atoms with Gasteiger partial charge < -0.3 is 9.30 Å². The minimum absolute atomic E-state index is 0.158. The van der Waals surface area contributed by atoms with Gasteiger partial charge in [0.1, 0.15) is 0 Å². The minimum Gasteiger partial charge on any atom is -0.463 e. The molecular formula is C29H22Cl2F3N3O3S. The predicted molar refractivity (Wildman–Crippen MR) is 152 cm³/mol. The van der Waals surface area contributed by atoms with E-state index in [4.69, 9.17) is 27.9 Å². The summed E-state index contributed by atoms with van der Waals surface area (Å²) in [5.74, 6) is -1.20. The van der Waals surface area contributed by atoms with Crippen molar-refractivity contribution >= 4 is 46.6 Å².